The van der Waals surface area contributed by atoms with E-state index in [0.29, 0.717) is 13.0 Å². The lowest BCUT2D eigenvalue weighted by Crippen LogP contribution is -2.35. The first kappa shape index (κ1) is 17.9. The molecule has 114 valence electrons. The van der Waals surface area contributed by atoms with Gasteiger partial charge in [0.1, 0.15) is 0 Å². The van der Waals surface area contributed by atoms with E-state index in [9.17, 15) is 19.2 Å². The van der Waals surface area contributed by atoms with E-state index >= 15 is 0 Å². The lowest BCUT2D eigenvalue weighted by Gasteiger charge is -2.21. The van der Waals surface area contributed by atoms with Gasteiger partial charge in [0.25, 0.3) is 0 Å². The minimum atomic E-state index is -1.05. The number of carbonyl (C=O) groups is 4. The SMILES string of the molecule is CC(=O)NCCCC(=O)N(CCC(=O)O)CCC(=O)O. The number of carboxylic acids is 2. The Morgan fingerprint density at radius 3 is 1.85 bits per heavy atom. The van der Waals surface area contributed by atoms with E-state index in [1.54, 1.807) is 0 Å². The fourth-order valence-corrected chi connectivity index (χ4v) is 1.48. The molecule has 0 heterocycles. The van der Waals surface area contributed by atoms with Crippen molar-refractivity contribution >= 4 is 23.8 Å². The van der Waals surface area contributed by atoms with E-state index in [4.69, 9.17) is 10.2 Å². The number of carboxylic acid groups (broad SMARTS) is 2. The molecule has 0 bridgehead atoms. The molecule has 0 saturated carbocycles. The topological polar surface area (TPSA) is 124 Å². The van der Waals surface area contributed by atoms with Gasteiger partial charge in [-0.1, -0.05) is 0 Å². The third kappa shape index (κ3) is 9.86. The lowest BCUT2D eigenvalue weighted by molar-refractivity contribution is -0.139. The molecule has 8 heteroatoms. The van der Waals surface area contributed by atoms with Crippen LogP contribution < -0.4 is 5.32 Å². The molecule has 0 saturated heterocycles. The summed E-state index contributed by atoms with van der Waals surface area (Å²) in [6, 6.07) is 0. The first-order chi connectivity index (χ1) is 9.32. The fourth-order valence-electron chi connectivity index (χ4n) is 1.48. The third-order valence-electron chi connectivity index (χ3n) is 2.49. The van der Waals surface area contributed by atoms with Gasteiger partial charge in [-0.3, -0.25) is 19.2 Å². The van der Waals surface area contributed by atoms with E-state index in [-0.39, 0.29) is 44.2 Å². The number of carbonyl (C=O) groups excluding carboxylic acids is 2. The van der Waals surface area contributed by atoms with Crippen LogP contribution in [0.2, 0.25) is 0 Å². The second-order valence-electron chi connectivity index (χ2n) is 4.25. The Bertz CT molecular complexity index is 351. The van der Waals surface area contributed by atoms with Crippen molar-refractivity contribution < 1.29 is 29.4 Å². The molecule has 0 aliphatic rings. The highest BCUT2D eigenvalue weighted by Crippen LogP contribution is 2.01. The van der Waals surface area contributed by atoms with Gasteiger partial charge in [0.2, 0.25) is 11.8 Å². The van der Waals surface area contributed by atoms with Gasteiger partial charge in [-0.2, -0.15) is 0 Å². The molecule has 3 N–H and O–H groups in total. The van der Waals surface area contributed by atoms with Gasteiger partial charge in [0.05, 0.1) is 12.8 Å². The molecule has 0 aromatic carbocycles. The van der Waals surface area contributed by atoms with Crippen LogP contribution in [0.4, 0.5) is 0 Å². The van der Waals surface area contributed by atoms with Crippen LogP contribution in [0.3, 0.4) is 0 Å². The van der Waals surface area contributed by atoms with Crippen LogP contribution in [0.15, 0.2) is 0 Å². The van der Waals surface area contributed by atoms with Crippen LogP contribution in [-0.4, -0.2) is 58.5 Å². The lowest BCUT2D eigenvalue weighted by atomic mass is 10.2. The molecule has 8 nitrogen and oxygen atoms in total. The molecule has 0 unspecified atom stereocenters. The first-order valence-corrected chi connectivity index (χ1v) is 6.28. The molecule has 0 rings (SSSR count). The van der Waals surface area contributed by atoms with Crippen LogP contribution >= 0.6 is 0 Å². The summed E-state index contributed by atoms with van der Waals surface area (Å²) in [7, 11) is 0. The van der Waals surface area contributed by atoms with Crippen LogP contribution in [0.25, 0.3) is 0 Å². The Balaban J connectivity index is 4.20. The molecule has 0 aromatic heterocycles. The number of hydrogen-bond donors (Lipinski definition) is 3. The van der Waals surface area contributed by atoms with Gasteiger partial charge < -0.3 is 20.4 Å². The first-order valence-electron chi connectivity index (χ1n) is 6.28. The van der Waals surface area contributed by atoms with Crippen molar-refractivity contribution in [2.75, 3.05) is 19.6 Å². The normalized spacial score (nSPS) is 9.85. The summed E-state index contributed by atoms with van der Waals surface area (Å²) in [5.74, 6) is -2.59. The molecule has 0 aliphatic carbocycles. The highest BCUT2D eigenvalue weighted by molar-refractivity contribution is 5.78. The van der Waals surface area contributed by atoms with E-state index in [0.717, 1.165) is 0 Å². The van der Waals surface area contributed by atoms with Crippen molar-refractivity contribution in [2.24, 2.45) is 0 Å². The Kier molecular flexibility index (Phi) is 8.73. The largest absolute Gasteiger partial charge is 0.481 e. The number of amides is 2. The average molecular weight is 288 g/mol. The van der Waals surface area contributed by atoms with Gasteiger partial charge in [-0.25, -0.2) is 0 Å². The maximum absolute atomic E-state index is 11.8. The van der Waals surface area contributed by atoms with Crippen molar-refractivity contribution in [3.63, 3.8) is 0 Å². The number of nitrogens with zero attached hydrogens (tertiary/aromatic N) is 1. The zero-order chi connectivity index (χ0) is 15.5. The summed E-state index contributed by atoms with van der Waals surface area (Å²) in [5.41, 5.74) is 0. The zero-order valence-electron chi connectivity index (χ0n) is 11.4. The Morgan fingerprint density at radius 1 is 0.950 bits per heavy atom. The second kappa shape index (κ2) is 9.76. The Morgan fingerprint density at radius 2 is 1.45 bits per heavy atom. The highest BCUT2D eigenvalue weighted by atomic mass is 16.4. The smallest absolute Gasteiger partial charge is 0.305 e. The van der Waals surface area contributed by atoms with Crippen LogP contribution in [0.5, 0.6) is 0 Å². The van der Waals surface area contributed by atoms with E-state index < -0.39 is 11.9 Å². The molecule has 20 heavy (non-hydrogen) atoms. The maximum atomic E-state index is 11.8. The Hall–Kier alpha value is -2.12. The molecule has 0 aromatic rings. The van der Waals surface area contributed by atoms with E-state index in [1.807, 2.05) is 0 Å². The molecule has 0 spiro atoms. The van der Waals surface area contributed by atoms with E-state index in [1.165, 1.54) is 11.8 Å². The number of aliphatic carboxylic acids is 2. The van der Waals surface area contributed by atoms with Crippen LogP contribution in [0.1, 0.15) is 32.6 Å². The quantitative estimate of drug-likeness (QED) is 0.473. The van der Waals surface area contributed by atoms with Crippen molar-refractivity contribution in [3.05, 3.63) is 0 Å². The van der Waals surface area contributed by atoms with Crippen LogP contribution in [-0.2, 0) is 19.2 Å². The average Bonchev–Trinajstić information content (AvgIpc) is 2.33. The third-order valence-corrected chi connectivity index (χ3v) is 2.49. The van der Waals surface area contributed by atoms with Gasteiger partial charge in [-0.15, -0.1) is 0 Å². The van der Waals surface area contributed by atoms with Gasteiger partial charge >= 0.3 is 11.9 Å². The summed E-state index contributed by atoms with van der Waals surface area (Å²) in [4.78, 5) is 44.7. The van der Waals surface area contributed by atoms with Gasteiger partial charge in [0.15, 0.2) is 0 Å². The van der Waals surface area contributed by atoms with E-state index in [2.05, 4.69) is 5.32 Å². The van der Waals surface area contributed by atoms with Crippen molar-refractivity contribution in [2.45, 2.75) is 32.6 Å². The Labute approximate surface area is 116 Å². The van der Waals surface area contributed by atoms with Crippen molar-refractivity contribution in [1.82, 2.24) is 10.2 Å². The van der Waals surface area contributed by atoms with Crippen molar-refractivity contribution in [3.8, 4) is 0 Å². The maximum Gasteiger partial charge on any atom is 0.305 e. The summed E-state index contributed by atoms with van der Waals surface area (Å²) >= 11 is 0. The minimum absolute atomic E-state index is 0.0123. The molecule has 0 atom stereocenters. The van der Waals surface area contributed by atoms with Gasteiger partial charge in [0, 0.05) is 33.0 Å². The molecule has 0 aliphatic heterocycles. The monoisotopic (exact) mass is 288 g/mol. The molecular formula is C12H20N2O6. The summed E-state index contributed by atoms with van der Waals surface area (Å²) < 4.78 is 0. The predicted molar refractivity (Wildman–Crippen MR) is 69.0 cm³/mol. The standard InChI is InChI=1S/C12H20N2O6/c1-9(15)13-6-2-3-10(16)14(7-4-11(17)18)8-5-12(19)20/h2-8H2,1H3,(H,13,15)(H,17,18)(H,19,20). The summed E-state index contributed by atoms with van der Waals surface area (Å²) in [6.07, 6.45) is 0.114. The van der Waals surface area contributed by atoms with Gasteiger partial charge in [-0.05, 0) is 6.42 Å². The van der Waals surface area contributed by atoms with Crippen molar-refractivity contribution in [1.29, 1.82) is 0 Å². The number of nitrogens with one attached hydrogen (secondary N) is 1. The molecular weight excluding hydrogens is 268 g/mol. The molecule has 0 radical (unpaired) electrons. The predicted octanol–water partition coefficient (Wildman–Crippen LogP) is -0.319. The summed E-state index contributed by atoms with van der Waals surface area (Å²) in [5, 5.41) is 19.7. The minimum Gasteiger partial charge on any atom is -0.481 e. The highest BCUT2D eigenvalue weighted by Gasteiger charge is 2.15. The second-order valence-corrected chi connectivity index (χ2v) is 4.25. The number of rotatable bonds is 10. The fraction of sp³-hybridized carbons (Fsp3) is 0.667. The molecule has 0 fully saturated rings. The molecule has 2 amide bonds. The van der Waals surface area contributed by atoms with Crippen LogP contribution in [0, 0.1) is 0 Å². The zero-order valence-corrected chi connectivity index (χ0v) is 11.4. The number of hydrogen-bond acceptors (Lipinski definition) is 4. The summed E-state index contributed by atoms with van der Waals surface area (Å²) in [6.45, 7) is 1.70.